The smallest absolute Gasteiger partial charge is 0.166 e. The molecule has 1 aromatic rings. The molecule has 0 fully saturated rings. The van der Waals surface area contributed by atoms with Gasteiger partial charge in [-0.3, -0.25) is 0 Å². The molecule has 0 aliphatic heterocycles. The minimum atomic E-state index is 0.582. The second-order valence-electron chi connectivity index (χ2n) is 3.40. The summed E-state index contributed by atoms with van der Waals surface area (Å²) in [5.74, 6) is 0.798. The molecule has 2 N–H and O–H groups in total. The molecule has 1 heterocycles. The highest BCUT2D eigenvalue weighted by Gasteiger charge is 2.00. The molecule has 5 heteroatoms. The van der Waals surface area contributed by atoms with Crippen molar-refractivity contribution in [3.63, 3.8) is 0 Å². The Labute approximate surface area is 95.4 Å². The van der Waals surface area contributed by atoms with Crippen LogP contribution in [0, 0.1) is 6.92 Å². The Morgan fingerprint density at radius 1 is 1.53 bits per heavy atom. The molecule has 4 nitrogen and oxygen atoms in total. The quantitative estimate of drug-likeness (QED) is 0.593. The third kappa shape index (κ3) is 4.78. The number of hydrogen-bond donors (Lipinski definition) is 2. The van der Waals surface area contributed by atoms with E-state index in [9.17, 15) is 0 Å². The van der Waals surface area contributed by atoms with Crippen LogP contribution in [0.1, 0.15) is 31.2 Å². The molecule has 0 aliphatic carbocycles. The Bertz CT molecular complexity index is 311. The van der Waals surface area contributed by atoms with Crippen molar-refractivity contribution in [2.75, 3.05) is 6.54 Å². The number of nitrogens with zero attached hydrogens (tertiary/aromatic N) is 1. The van der Waals surface area contributed by atoms with Crippen molar-refractivity contribution in [2.45, 2.75) is 33.2 Å². The second kappa shape index (κ2) is 6.40. The number of thiocarbonyl (C=S) groups is 1. The minimum Gasteiger partial charge on any atom is -0.363 e. The van der Waals surface area contributed by atoms with Gasteiger partial charge in [0.25, 0.3) is 0 Å². The Morgan fingerprint density at radius 2 is 2.33 bits per heavy atom. The van der Waals surface area contributed by atoms with Crippen LogP contribution in [0.5, 0.6) is 0 Å². The lowest BCUT2D eigenvalue weighted by atomic mass is 10.3. The monoisotopic (exact) mass is 227 g/mol. The Morgan fingerprint density at radius 3 is 2.93 bits per heavy atom. The summed E-state index contributed by atoms with van der Waals surface area (Å²) >= 11 is 5.09. The summed E-state index contributed by atoms with van der Waals surface area (Å²) in [5.41, 5.74) is 0.886. The van der Waals surface area contributed by atoms with E-state index in [1.165, 1.54) is 0 Å². The topological polar surface area (TPSA) is 50.1 Å². The molecule has 0 saturated heterocycles. The zero-order valence-electron chi connectivity index (χ0n) is 9.17. The lowest BCUT2D eigenvalue weighted by Gasteiger charge is -2.07. The van der Waals surface area contributed by atoms with Gasteiger partial charge in [-0.25, -0.2) is 0 Å². The minimum absolute atomic E-state index is 0.582. The molecule has 0 aromatic carbocycles. The van der Waals surface area contributed by atoms with Crippen molar-refractivity contribution in [3.8, 4) is 0 Å². The Kier molecular flexibility index (Phi) is 5.10. The van der Waals surface area contributed by atoms with Crippen LogP contribution in [0.15, 0.2) is 10.6 Å². The number of nitrogens with one attached hydrogen (secondary N) is 2. The van der Waals surface area contributed by atoms with E-state index in [1.807, 2.05) is 13.0 Å². The summed E-state index contributed by atoms with van der Waals surface area (Å²) in [6.45, 7) is 5.54. The predicted molar refractivity (Wildman–Crippen MR) is 63.6 cm³/mol. The molecule has 0 atom stereocenters. The van der Waals surface area contributed by atoms with E-state index < -0.39 is 0 Å². The van der Waals surface area contributed by atoms with E-state index in [1.54, 1.807) is 0 Å². The van der Waals surface area contributed by atoms with Crippen LogP contribution >= 0.6 is 12.2 Å². The normalized spacial score (nSPS) is 10.0. The summed E-state index contributed by atoms with van der Waals surface area (Å²) in [7, 11) is 0. The van der Waals surface area contributed by atoms with Crippen molar-refractivity contribution < 1.29 is 4.52 Å². The molecule has 0 radical (unpaired) electrons. The summed E-state index contributed by atoms with van der Waals surface area (Å²) in [6.07, 6.45) is 2.29. The van der Waals surface area contributed by atoms with E-state index >= 15 is 0 Å². The highest BCUT2D eigenvalue weighted by molar-refractivity contribution is 7.80. The number of rotatable bonds is 5. The van der Waals surface area contributed by atoms with Gasteiger partial charge in [0.1, 0.15) is 0 Å². The number of aromatic nitrogens is 1. The molecular weight excluding hydrogens is 210 g/mol. The lowest BCUT2D eigenvalue weighted by molar-refractivity contribution is 0.376. The van der Waals surface area contributed by atoms with Gasteiger partial charge in [0.05, 0.1) is 12.2 Å². The van der Waals surface area contributed by atoms with Crippen molar-refractivity contribution in [1.29, 1.82) is 0 Å². The first-order chi connectivity index (χ1) is 7.22. The van der Waals surface area contributed by atoms with Crippen molar-refractivity contribution in [1.82, 2.24) is 15.8 Å². The second-order valence-corrected chi connectivity index (χ2v) is 3.81. The van der Waals surface area contributed by atoms with E-state index in [-0.39, 0.29) is 0 Å². The van der Waals surface area contributed by atoms with Crippen molar-refractivity contribution in [2.24, 2.45) is 0 Å². The fourth-order valence-electron chi connectivity index (χ4n) is 1.11. The molecule has 0 bridgehead atoms. The van der Waals surface area contributed by atoms with Crippen LogP contribution in [-0.2, 0) is 6.54 Å². The van der Waals surface area contributed by atoms with E-state index in [0.717, 1.165) is 30.8 Å². The van der Waals surface area contributed by atoms with Crippen molar-refractivity contribution >= 4 is 17.3 Å². The summed E-state index contributed by atoms with van der Waals surface area (Å²) in [6, 6.07) is 1.89. The fraction of sp³-hybridized carbons (Fsp3) is 0.600. The predicted octanol–water partition coefficient (Wildman–Crippen LogP) is 1.75. The number of unbranched alkanes of at least 4 members (excludes halogenated alkanes) is 1. The maximum absolute atomic E-state index is 5.09. The summed E-state index contributed by atoms with van der Waals surface area (Å²) in [4.78, 5) is 0. The van der Waals surface area contributed by atoms with Crippen LogP contribution in [0.2, 0.25) is 0 Å². The van der Waals surface area contributed by atoms with Gasteiger partial charge in [-0.15, -0.1) is 0 Å². The maximum Gasteiger partial charge on any atom is 0.166 e. The van der Waals surface area contributed by atoms with Crippen LogP contribution in [-0.4, -0.2) is 16.8 Å². The highest BCUT2D eigenvalue weighted by Crippen LogP contribution is 2.00. The standard InChI is InChI=1S/C10H17N3OS/c1-3-4-5-11-10(15)12-7-9-6-8(2)13-14-9/h6H,3-5,7H2,1-2H3,(H2,11,12,15). The Balaban J connectivity index is 2.16. The van der Waals surface area contributed by atoms with Crippen LogP contribution in [0.25, 0.3) is 0 Å². The first-order valence-electron chi connectivity index (χ1n) is 5.16. The molecule has 0 spiro atoms. The van der Waals surface area contributed by atoms with Gasteiger partial charge in [0.2, 0.25) is 0 Å². The average molecular weight is 227 g/mol. The molecule has 0 saturated carbocycles. The molecule has 0 aliphatic rings. The van der Waals surface area contributed by atoms with E-state index in [2.05, 4.69) is 22.7 Å². The van der Waals surface area contributed by atoms with Gasteiger partial charge >= 0.3 is 0 Å². The third-order valence-electron chi connectivity index (χ3n) is 1.92. The average Bonchev–Trinajstić information content (AvgIpc) is 2.62. The van der Waals surface area contributed by atoms with Crippen molar-refractivity contribution in [3.05, 3.63) is 17.5 Å². The maximum atomic E-state index is 5.09. The highest BCUT2D eigenvalue weighted by atomic mass is 32.1. The van der Waals surface area contributed by atoms with Gasteiger partial charge in [0, 0.05) is 12.6 Å². The molecule has 0 amide bonds. The van der Waals surface area contributed by atoms with Crippen LogP contribution < -0.4 is 10.6 Å². The summed E-state index contributed by atoms with van der Waals surface area (Å²) in [5, 5.41) is 10.6. The van der Waals surface area contributed by atoms with Crippen LogP contribution in [0.4, 0.5) is 0 Å². The molecule has 1 aromatic heterocycles. The largest absolute Gasteiger partial charge is 0.363 e. The summed E-state index contributed by atoms with van der Waals surface area (Å²) < 4.78 is 5.04. The zero-order chi connectivity index (χ0) is 11.1. The van der Waals surface area contributed by atoms with Gasteiger partial charge in [0.15, 0.2) is 10.9 Å². The Hall–Kier alpha value is -1.10. The van der Waals surface area contributed by atoms with E-state index in [4.69, 9.17) is 16.7 Å². The molecule has 1 rings (SSSR count). The SMILES string of the molecule is CCCCNC(=S)NCc1cc(C)no1. The van der Waals surface area contributed by atoms with Gasteiger partial charge in [-0.1, -0.05) is 18.5 Å². The molecule has 0 unspecified atom stereocenters. The molecule has 15 heavy (non-hydrogen) atoms. The van der Waals surface area contributed by atoms with E-state index in [0.29, 0.717) is 11.7 Å². The zero-order valence-corrected chi connectivity index (χ0v) is 9.99. The molecular formula is C10H17N3OS. The van der Waals surface area contributed by atoms with Gasteiger partial charge in [-0.2, -0.15) is 0 Å². The third-order valence-corrected chi connectivity index (χ3v) is 2.20. The van der Waals surface area contributed by atoms with Crippen LogP contribution in [0.3, 0.4) is 0 Å². The van der Waals surface area contributed by atoms with Gasteiger partial charge < -0.3 is 15.2 Å². The number of aryl methyl sites for hydroxylation is 1. The number of hydrogen-bond acceptors (Lipinski definition) is 3. The lowest BCUT2D eigenvalue weighted by Crippen LogP contribution is -2.35. The molecule has 84 valence electrons. The first-order valence-corrected chi connectivity index (χ1v) is 5.57. The fourth-order valence-corrected chi connectivity index (χ4v) is 1.28. The first kappa shape index (κ1) is 12.0. The van der Waals surface area contributed by atoms with Gasteiger partial charge in [-0.05, 0) is 25.6 Å².